The van der Waals surface area contributed by atoms with Gasteiger partial charge in [0.15, 0.2) is 6.61 Å². The van der Waals surface area contributed by atoms with E-state index in [2.05, 4.69) is 23.0 Å². The number of aliphatic carboxylic acids is 1. The molecule has 2 fully saturated rings. The van der Waals surface area contributed by atoms with Gasteiger partial charge in [-0.25, -0.2) is 10.2 Å². The van der Waals surface area contributed by atoms with Crippen molar-refractivity contribution in [3.05, 3.63) is 59.2 Å². The van der Waals surface area contributed by atoms with Crippen LogP contribution in [0.15, 0.2) is 42.5 Å². The molecule has 3 aliphatic rings. The minimum absolute atomic E-state index is 0.00251. The predicted octanol–water partition coefficient (Wildman–Crippen LogP) is 2.76. The molecule has 2 aliphatic heterocycles. The number of rotatable bonds is 6. The van der Waals surface area contributed by atoms with Crippen molar-refractivity contribution in [2.24, 2.45) is 11.8 Å². The lowest BCUT2D eigenvalue weighted by Crippen LogP contribution is -2.55. The van der Waals surface area contributed by atoms with Crippen molar-refractivity contribution in [2.45, 2.75) is 44.6 Å². The van der Waals surface area contributed by atoms with Crippen LogP contribution in [-0.2, 0) is 27.2 Å². The van der Waals surface area contributed by atoms with Gasteiger partial charge in [0.25, 0.3) is 0 Å². The summed E-state index contributed by atoms with van der Waals surface area (Å²) in [5, 5.41) is 8.83. The molecular weight excluding hydrogens is 434 g/mol. The van der Waals surface area contributed by atoms with Crippen molar-refractivity contribution in [3.8, 4) is 5.75 Å². The van der Waals surface area contributed by atoms with Crippen molar-refractivity contribution < 1.29 is 24.2 Å². The van der Waals surface area contributed by atoms with E-state index in [0.717, 1.165) is 54.5 Å². The maximum atomic E-state index is 13.1. The van der Waals surface area contributed by atoms with Gasteiger partial charge < -0.3 is 14.7 Å². The summed E-state index contributed by atoms with van der Waals surface area (Å²) in [6, 6.07) is 13.6. The molecule has 3 atom stereocenters. The zero-order valence-electron chi connectivity index (χ0n) is 19.0. The molecule has 1 saturated carbocycles. The van der Waals surface area contributed by atoms with E-state index in [9.17, 15) is 14.4 Å². The highest BCUT2D eigenvalue weighted by molar-refractivity contribution is 5.97. The van der Waals surface area contributed by atoms with E-state index in [1.165, 1.54) is 0 Å². The van der Waals surface area contributed by atoms with Crippen molar-refractivity contribution in [2.75, 3.05) is 18.1 Å². The highest BCUT2D eigenvalue weighted by Crippen LogP contribution is 2.40. The van der Waals surface area contributed by atoms with Crippen molar-refractivity contribution in [3.63, 3.8) is 0 Å². The molecule has 3 N–H and O–H groups in total. The summed E-state index contributed by atoms with van der Waals surface area (Å²) >= 11 is 0. The average molecular weight is 464 g/mol. The van der Waals surface area contributed by atoms with Crippen molar-refractivity contribution in [1.29, 1.82) is 0 Å². The normalized spacial score (nSPS) is 23.6. The van der Waals surface area contributed by atoms with Gasteiger partial charge >= 0.3 is 5.97 Å². The fraction of sp³-hybridized carbons (Fsp3) is 0.423. The van der Waals surface area contributed by atoms with Gasteiger partial charge in [-0.15, -0.1) is 0 Å². The lowest BCUT2D eigenvalue weighted by Gasteiger charge is -2.41. The smallest absolute Gasteiger partial charge is 0.341 e. The van der Waals surface area contributed by atoms with Crippen LogP contribution in [0.25, 0.3) is 0 Å². The number of nitrogens with one attached hydrogen (secondary N) is 2. The molecule has 8 heteroatoms. The van der Waals surface area contributed by atoms with Crippen LogP contribution in [0.4, 0.5) is 5.69 Å². The van der Waals surface area contributed by atoms with E-state index in [1.807, 2.05) is 18.2 Å². The Morgan fingerprint density at radius 3 is 2.68 bits per heavy atom. The number of carboxylic acids is 1. The van der Waals surface area contributed by atoms with Gasteiger partial charge in [-0.2, -0.15) is 0 Å². The molecule has 3 unspecified atom stereocenters. The van der Waals surface area contributed by atoms with E-state index in [4.69, 9.17) is 9.84 Å². The Morgan fingerprint density at radius 2 is 1.88 bits per heavy atom. The van der Waals surface area contributed by atoms with E-state index in [1.54, 1.807) is 17.0 Å². The third-order valence-corrected chi connectivity index (χ3v) is 7.25. The molecule has 2 aromatic carbocycles. The second-order valence-corrected chi connectivity index (χ2v) is 9.35. The van der Waals surface area contributed by atoms with E-state index >= 15 is 0 Å². The third-order valence-electron chi connectivity index (χ3n) is 7.25. The number of anilines is 1. The van der Waals surface area contributed by atoms with Crippen LogP contribution in [0.1, 0.15) is 48.4 Å². The zero-order valence-corrected chi connectivity index (χ0v) is 19.0. The molecule has 0 aromatic heterocycles. The van der Waals surface area contributed by atoms with Crippen molar-refractivity contribution >= 4 is 23.5 Å². The Kier molecular flexibility index (Phi) is 6.24. The Bertz CT molecular complexity index is 1100. The summed E-state index contributed by atoms with van der Waals surface area (Å²) in [6.07, 6.45) is 5.29. The van der Waals surface area contributed by atoms with Crippen LogP contribution in [0.5, 0.6) is 5.75 Å². The minimum Gasteiger partial charge on any atom is -0.482 e. The number of carboxylic acid groups (broad SMARTS) is 1. The van der Waals surface area contributed by atoms with Gasteiger partial charge in [-0.1, -0.05) is 43.2 Å². The van der Waals surface area contributed by atoms with Gasteiger partial charge in [0.2, 0.25) is 11.8 Å². The van der Waals surface area contributed by atoms with E-state index in [-0.39, 0.29) is 30.2 Å². The summed E-state index contributed by atoms with van der Waals surface area (Å²) in [5.41, 5.74) is 9.95. The van der Waals surface area contributed by atoms with E-state index in [0.29, 0.717) is 18.2 Å². The Hall–Kier alpha value is -3.39. The van der Waals surface area contributed by atoms with Gasteiger partial charge in [-0.05, 0) is 47.9 Å². The number of carbonyl (C=O) groups excluding carboxylic acids is 2. The maximum Gasteiger partial charge on any atom is 0.341 e. The fourth-order valence-corrected chi connectivity index (χ4v) is 5.53. The summed E-state index contributed by atoms with van der Waals surface area (Å²) in [7, 11) is 0. The molecule has 34 heavy (non-hydrogen) atoms. The number of hydrogen-bond donors (Lipinski definition) is 3. The number of nitrogens with zero attached hydrogens (tertiary/aromatic N) is 1. The summed E-state index contributed by atoms with van der Waals surface area (Å²) in [6.45, 7) is 0.184. The molecule has 2 aromatic rings. The molecule has 178 valence electrons. The molecule has 1 aliphatic carbocycles. The van der Waals surface area contributed by atoms with Crippen LogP contribution in [0.2, 0.25) is 0 Å². The molecule has 0 radical (unpaired) electrons. The number of amides is 2. The summed E-state index contributed by atoms with van der Waals surface area (Å²) in [5.74, 6) is -0.127. The lowest BCUT2D eigenvalue weighted by atomic mass is 9.72. The minimum atomic E-state index is -1.04. The van der Waals surface area contributed by atoms with Crippen molar-refractivity contribution in [1.82, 2.24) is 10.9 Å². The number of hydrazine groups is 1. The molecule has 1 saturated heterocycles. The van der Waals surface area contributed by atoms with Crippen LogP contribution >= 0.6 is 0 Å². The largest absolute Gasteiger partial charge is 0.482 e. The number of hydrogen-bond acceptors (Lipinski definition) is 5. The second kappa shape index (κ2) is 9.46. The predicted molar refractivity (Wildman–Crippen MR) is 125 cm³/mol. The molecule has 5 rings (SSSR count). The number of ether oxygens (including phenoxy) is 1. The SMILES string of the molecule is O=C(O)COc1ccc2c(c1)N(C(=O)Cc1ccc(C3NNC(=O)C4CCCCC43)cc1)CC2. The molecule has 8 nitrogen and oxygen atoms in total. The van der Waals surface area contributed by atoms with Gasteiger partial charge in [0, 0.05) is 18.5 Å². The molecule has 2 amide bonds. The first-order chi connectivity index (χ1) is 16.5. The second-order valence-electron chi connectivity index (χ2n) is 9.35. The van der Waals surface area contributed by atoms with Crippen LogP contribution in [0.3, 0.4) is 0 Å². The van der Waals surface area contributed by atoms with Gasteiger partial charge in [-0.3, -0.25) is 15.0 Å². The van der Waals surface area contributed by atoms with E-state index < -0.39 is 12.6 Å². The molecule has 2 heterocycles. The average Bonchev–Trinajstić information content (AvgIpc) is 3.27. The third kappa shape index (κ3) is 4.50. The van der Waals surface area contributed by atoms with Crippen LogP contribution in [-0.4, -0.2) is 36.0 Å². The monoisotopic (exact) mass is 463 g/mol. The fourth-order valence-electron chi connectivity index (χ4n) is 5.53. The highest BCUT2D eigenvalue weighted by Gasteiger charge is 2.40. The highest BCUT2D eigenvalue weighted by atomic mass is 16.5. The number of carbonyl (C=O) groups is 3. The molecule has 0 spiro atoms. The van der Waals surface area contributed by atoms with Gasteiger partial charge in [0.05, 0.1) is 18.2 Å². The van der Waals surface area contributed by atoms with Crippen LogP contribution < -0.4 is 20.5 Å². The number of benzene rings is 2. The Morgan fingerprint density at radius 1 is 1.09 bits per heavy atom. The lowest BCUT2D eigenvalue weighted by molar-refractivity contribution is -0.139. The van der Waals surface area contributed by atoms with Crippen LogP contribution in [0, 0.1) is 11.8 Å². The Balaban J connectivity index is 1.26. The molecular formula is C26H29N3O5. The summed E-state index contributed by atoms with van der Waals surface area (Å²) < 4.78 is 5.28. The quantitative estimate of drug-likeness (QED) is 0.608. The summed E-state index contributed by atoms with van der Waals surface area (Å²) in [4.78, 5) is 37.9. The first kappa shape index (κ1) is 22.4. The topological polar surface area (TPSA) is 108 Å². The molecule has 0 bridgehead atoms. The zero-order chi connectivity index (χ0) is 23.7. The standard InChI is InChI=1S/C26H29N3O5/c30-23(29-12-11-17-9-10-19(14-22(17)29)34-15-24(31)32)13-16-5-7-18(8-6-16)25-20-3-1-2-4-21(20)26(33)28-27-25/h5-10,14,20-21,25,27H,1-4,11-13,15H2,(H,28,33)(H,31,32). The first-order valence-corrected chi connectivity index (χ1v) is 11.9. The Labute approximate surface area is 198 Å². The number of fused-ring (bicyclic) bond motifs is 2. The first-order valence-electron chi connectivity index (χ1n) is 11.9. The maximum absolute atomic E-state index is 13.1. The van der Waals surface area contributed by atoms with Gasteiger partial charge in [0.1, 0.15) is 5.75 Å².